The van der Waals surface area contributed by atoms with Gasteiger partial charge in [0.25, 0.3) is 6.43 Å². The van der Waals surface area contributed by atoms with Crippen molar-refractivity contribution in [2.24, 2.45) is 0 Å². The Bertz CT molecular complexity index is 471. The van der Waals surface area contributed by atoms with Crippen molar-refractivity contribution < 1.29 is 18.7 Å². The number of carboxylic acid groups (broad SMARTS) is 1. The van der Waals surface area contributed by atoms with E-state index in [4.69, 9.17) is 22.0 Å². The Balaban J connectivity index is 3.30. The van der Waals surface area contributed by atoms with Crippen molar-refractivity contribution in [2.75, 3.05) is 0 Å². The number of carbonyl (C=O) groups is 1. The molecular weight excluding hydrogens is 242 g/mol. The van der Waals surface area contributed by atoms with Gasteiger partial charge in [-0.1, -0.05) is 11.6 Å². The van der Waals surface area contributed by atoms with Gasteiger partial charge in [-0.05, 0) is 6.07 Å². The maximum absolute atomic E-state index is 12.4. The summed E-state index contributed by atoms with van der Waals surface area (Å²) in [6, 6.07) is 2.50. The smallest absolute Gasteiger partial charge is 0.307 e. The predicted octanol–water partition coefficient (Wildman–Crippen LogP) is 2.17. The van der Waals surface area contributed by atoms with Gasteiger partial charge in [-0.15, -0.1) is 0 Å². The van der Waals surface area contributed by atoms with Crippen LogP contribution in [0.4, 0.5) is 8.78 Å². The summed E-state index contributed by atoms with van der Waals surface area (Å²) in [6.45, 7) is 0. The second-order valence-electron chi connectivity index (χ2n) is 2.86. The Hall–Kier alpha value is -1.74. The van der Waals surface area contributed by atoms with E-state index in [0.717, 1.165) is 6.07 Å². The van der Waals surface area contributed by atoms with Crippen LogP contribution in [0.2, 0.25) is 5.15 Å². The maximum Gasteiger partial charge on any atom is 0.307 e. The fraction of sp³-hybridized carbons (Fsp3) is 0.222. The molecule has 1 rings (SSSR count). The molecule has 0 radical (unpaired) electrons. The van der Waals surface area contributed by atoms with Gasteiger partial charge in [-0.2, -0.15) is 5.26 Å². The standard InChI is InChI=1S/C9H5ClF2N2O2/c10-8-5(9(11)12)1-4(2-7(15)16)6(3-13)14-8/h1,9H,2H2,(H,15,16). The van der Waals surface area contributed by atoms with Crippen LogP contribution < -0.4 is 0 Å². The van der Waals surface area contributed by atoms with Gasteiger partial charge in [0.1, 0.15) is 16.9 Å². The number of aliphatic carboxylic acids is 1. The Kier molecular flexibility index (Phi) is 3.74. The fourth-order valence-corrected chi connectivity index (χ4v) is 1.32. The van der Waals surface area contributed by atoms with Crippen LogP contribution in [-0.2, 0) is 11.2 Å². The van der Waals surface area contributed by atoms with Crippen molar-refractivity contribution in [1.29, 1.82) is 5.26 Å². The van der Waals surface area contributed by atoms with E-state index >= 15 is 0 Å². The van der Waals surface area contributed by atoms with E-state index in [-0.39, 0.29) is 11.3 Å². The zero-order valence-electron chi connectivity index (χ0n) is 7.75. The summed E-state index contributed by atoms with van der Waals surface area (Å²) in [5.74, 6) is -1.24. The summed E-state index contributed by atoms with van der Waals surface area (Å²) in [7, 11) is 0. The molecule has 0 aliphatic heterocycles. The molecule has 0 amide bonds. The molecule has 0 saturated carbocycles. The van der Waals surface area contributed by atoms with Gasteiger partial charge >= 0.3 is 5.97 Å². The van der Waals surface area contributed by atoms with E-state index in [1.807, 2.05) is 0 Å². The van der Waals surface area contributed by atoms with Crippen LogP contribution in [-0.4, -0.2) is 16.1 Å². The number of hydrogen-bond acceptors (Lipinski definition) is 3. The average molecular weight is 247 g/mol. The number of hydrogen-bond donors (Lipinski definition) is 1. The van der Waals surface area contributed by atoms with Gasteiger partial charge in [-0.25, -0.2) is 13.8 Å². The lowest BCUT2D eigenvalue weighted by Crippen LogP contribution is -2.06. The van der Waals surface area contributed by atoms with Crippen molar-refractivity contribution >= 4 is 17.6 Å². The van der Waals surface area contributed by atoms with Crippen molar-refractivity contribution in [3.05, 3.63) is 28.0 Å². The van der Waals surface area contributed by atoms with Gasteiger partial charge in [-0.3, -0.25) is 4.79 Å². The van der Waals surface area contributed by atoms with E-state index in [9.17, 15) is 13.6 Å². The van der Waals surface area contributed by atoms with Crippen molar-refractivity contribution in [1.82, 2.24) is 4.98 Å². The Morgan fingerprint density at radius 3 is 2.75 bits per heavy atom. The highest BCUT2D eigenvalue weighted by Gasteiger charge is 2.18. The maximum atomic E-state index is 12.4. The molecule has 16 heavy (non-hydrogen) atoms. The van der Waals surface area contributed by atoms with E-state index in [1.165, 1.54) is 0 Å². The monoisotopic (exact) mass is 246 g/mol. The zero-order chi connectivity index (χ0) is 12.3. The molecule has 0 bridgehead atoms. The highest BCUT2D eigenvalue weighted by atomic mass is 35.5. The summed E-state index contributed by atoms with van der Waals surface area (Å²) in [4.78, 5) is 13.9. The molecule has 1 aromatic rings. The first-order valence-electron chi connectivity index (χ1n) is 4.05. The molecule has 0 fully saturated rings. The van der Waals surface area contributed by atoms with Crippen molar-refractivity contribution in [3.8, 4) is 6.07 Å². The number of alkyl halides is 2. The first kappa shape index (κ1) is 12.3. The second kappa shape index (κ2) is 4.86. The van der Waals surface area contributed by atoms with E-state index in [1.54, 1.807) is 6.07 Å². The van der Waals surface area contributed by atoms with Crippen LogP contribution in [0.15, 0.2) is 6.07 Å². The SMILES string of the molecule is N#Cc1nc(Cl)c(C(F)F)cc1CC(=O)O. The summed E-state index contributed by atoms with van der Waals surface area (Å²) in [6.07, 6.45) is -3.41. The second-order valence-corrected chi connectivity index (χ2v) is 3.22. The number of rotatable bonds is 3. The van der Waals surface area contributed by atoms with E-state index in [0.29, 0.717) is 0 Å². The molecule has 0 unspecified atom stereocenters. The molecule has 1 heterocycles. The molecule has 7 heteroatoms. The lowest BCUT2D eigenvalue weighted by molar-refractivity contribution is -0.136. The third-order valence-corrected chi connectivity index (χ3v) is 2.07. The van der Waals surface area contributed by atoms with E-state index < -0.39 is 29.5 Å². The quantitative estimate of drug-likeness (QED) is 0.830. The number of nitrogens with zero attached hydrogens (tertiary/aromatic N) is 2. The Morgan fingerprint density at radius 2 is 2.31 bits per heavy atom. The highest BCUT2D eigenvalue weighted by Crippen LogP contribution is 2.27. The first-order valence-corrected chi connectivity index (χ1v) is 4.43. The van der Waals surface area contributed by atoms with Gasteiger partial charge < -0.3 is 5.11 Å². The van der Waals surface area contributed by atoms with E-state index in [2.05, 4.69) is 4.98 Å². The molecule has 0 aliphatic carbocycles. The van der Waals surface area contributed by atoms with Gasteiger partial charge in [0, 0.05) is 5.56 Å². The molecule has 0 atom stereocenters. The molecule has 4 nitrogen and oxygen atoms in total. The third kappa shape index (κ3) is 2.64. The molecule has 1 N–H and O–H groups in total. The van der Waals surface area contributed by atoms with Crippen LogP contribution in [0.3, 0.4) is 0 Å². The Morgan fingerprint density at radius 1 is 1.69 bits per heavy atom. The topological polar surface area (TPSA) is 74.0 Å². The average Bonchev–Trinajstić information content (AvgIpc) is 2.18. The third-order valence-electron chi connectivity index (χ3n) is 1.76. The van der Waals surface area contributed by atoms with Crippen molar-refractivity contribution in [2.45, 2.75) is 12.8 Å². The Labute approximate surface area is 94.1 Å². The number of pyridine rings is 1. The van der Waals surface area contributed by atoms with Crippen molar-refractivity contribution in [3.63, 3.8) is 0 Å². The molecule has 0 aliphatic rings. The summed E-state index contributed by atoms with van der Waals surface area (Å²) < 4.78 is 24.9. The molecule has 0 saturated heterocycles. The minimum Gasteiger partial charge on any atom is -0.481 e. The first-order chi connectivity index (χ1) is 7.45. The van der Waals surface area contributed by atoms with Crippen LogP contribution in [0.1, 0.15) is 23.2 Å². The molecular formula is C9H5ClF2N2O2. The summed E-state index contributed by atoms with van der Waals surface area (Å²) in [5, 5.41) is 16.7. The molecule has 0 spiro atoms. The number of carboxylic acids is 1. The summed E-state index contributed by atoms with van der Waals surface area (Å²) >= 11 is 5.42. The molecule has 0 aromatic carbocycles. The molecule has 84 valence electrons. The number of aromatic nitrogens is 1. The normalized spacial score (nSPS) is 10.2. The van der Waals surface area contributed by atoms with Crippen LogP contribution in [0, 0.1) is 11.3 Å². The van der Waals surface area contributed by atoms with Crippen LogP contribution in [0.5, 0.6) is 0 Å². The largest absolute Gasteiger partial charge is 0.481 e. The summed E-state index contributed by atoms with van der Waals surface area (Å²) in [5.41, 5.74) is -0.900. The fourth-order valence-electron chi connectivity index (χ4n) is 1.10. The lowest BCUT2D eigenvalue weighted by Gasteiger charge is -2.06. The van der Waals surface area contributed by atoms with Crippen LogP contribution in [0.25, 0.3) is 0 Å². The van der Waals surface area contributed by atoms with Gasteiger partial charge in [0.2, 0.25) is 0 Å². The number of halogens is 3. The lowest BCUT2D eigenvalue weighted by atomic mass is 10.1. The van der Waals surface area contributed by atoms with Gasteiger partial charge in [0.05, 0.1) is 12.0 Å². The number of nitriles is 1. The predicted molar refractivity (Wildman–Crippen MR) is 50.3 cm³/mol. The van der Waals surface area contributed by atoms with Gasteiger partial charge in [0.15, 0.2) is 0 Å². The van der Waals surface area contributed by atoms with Crippen LogP contribution >= 0.6 is 11.6 Å². The molecule has 1 aromatic heterocycles. The zero-order valence-corrected chi connectivity index (χ0v) is 8.50. The minimum absolute atomic E-state index is 0.0744. The highest BCUT2D eigenvalue weighted by molar-refractivity contribution is 6.30. The minimum atomic E-state index is -2.86.